The van der Waals surface area contributed by atoms with Gasteiger partial charge in [-0.15, -0.1) is 0 Å². The Hall–Kier alpha value is -1.66. The summed E-state index contributed by atoms with van der Waals surface area (Å²) in [6, 6.07) is 4.91. The van der Waals surface area contributed by atoms with Gasteiger partial charge in [0.1, 0.15) is 5.82 Å². The predicted molar refractivity (Wildman–Crippen MR) is 78.8 cm³/mol. The van der Waals surface area contributed by atoms with E-state index in [1.54, 1.807) is 12.1 Å². The number of benzene rings is 1. The zero-order valence-electron chi connectivity index (χ0n) is 12.3. The van der Waals surface area contributed by atoms with Crippen molar-refractivity contribution in [1.29, 1.82) is 0 Å². The van der Waals surface area contributed by atoms with Gasteiger partial charge in [-0.3, -0.25) is 4.90 Å². The van der Waals surface area contributed by atoms with Crippen LogP contribution in [0.1, 0.15) is 30.4 Å². The quantitative estimate of drug-likeness (QED) is 0.377. The van der Waals surface area contributed by atoms with E-state index < -0.39 is 5.82 Å². The van der Waals surface area contributed by atoms with E-state index >= 15 is 0 Å². The summed E-state index contributed by atoms with van der Waals surface area (Å²) in [6.45, 7) is 2.04. The van der Waals surface area contributed by atoms with Gasteiger partial charge in [-0.05, 0) is 32.4 Å². The van der Waals surface area contributed by atoms with E-state index in [-0.39, 0.29) is 17.5 Å². The Bertz CT molecular complexity index is 502. The highest BCUT2D eigenvalue weighted by molar-refractivity contribution is 5.97. The van der Waals surface area contributed by atoms with Crippen LogP contribution in [0, 0.1) is 5.82 Å². The molecule has 1 aromatic rings. The standard InChI is InChI=1S/C15H22FN3O2/c1-19(10-12-6-2-3-8-21-12)9-11-5-4-7-13(14(11)16)15(17)18-20/h4-5,7,12,20H,2-3,6,8-10H2,1H3,(H2,17,18). The summed E-state index contributed by atoms with van der Waals surface area (Å²) in [5.74, 6) is -0.656. The number of amidine groups is 1. The Morgan fingerprint density at radius 1 is 1.52 bits per heavy atom. The molecule has 0 saturated carbocycles. The maximum absolute atomic E-state index is 14.3. The van der Waals surface area contributed by atoms with Crippen LogP contribution < -0.4 is 5.73 Å². The monoisotopic (exact) mass is 295 g/mol. The van der Waals surface area contributed by atoms with Gasteiger partial charge < -0.3 is 15.7 Å². The molecule has 1 fully saturated rings. The minimum absolute atomic E-state index is 0.123. The van der Waals surface area contributed by atoms with E-state index in [2.05, 4.69) is 5.16 Å². The maximum Gasteiger partial charge on any atom is 0.173 e. The third-order valence-electron chi connectivity index (χ3n) is 3.69. The van der Waals surface area contributed by atoms with Crippen LogP contribution in [-0.2, 0) is 11.3 Å². The largest absolute Gasteiger partial charge is 0.409 e. The Morgan fingerprint density at radius 3 is 3.00 bits per heavy atom. The molecule has 1 saturated heterocycles. The first kappa shape index (κ1) is 15.7. The second-order valence-corrected chi connectivity index (χ2v) is 5.45. The average molecular weight is 295 g/mol. The summed E-state index contributed by atoms with van der Waals surface area (Å²) in [7, 11) is 1.94. The highest BCUT2D eigenvalue weighted by Gasteiger charge is 2.18. The van der Waals surface area contributed by atoms with Crippen molar-refractivity contribution in [1.82, 2.24) is 4.90 Å². The molecule has 5 nitrogen and oxygen atoms in total. The molecule has 0 bridgehead atoms. The highest BCUT2D eigenvalue weighted by Crippen LogP contribution is 2.17. The number of rotatable bonds is 5. The third kappa shape index (κ3) is 4.15. The van der Waals surface area contributed by atoms with E-state index in [0.717, 1.165) is 26.0 Å². The fourth-order valence-electron chi connectivity index (χ4n) is 2.61. The van der Waals surface area contributed by atoms with Gasteiger partial charge in [0.05, 0.1) is 11.7 Å². The van der Waals surface area contributed by atoms with Crippen LogP contribution >= 0.6 is 0 Å². The number of halogens is 1. The van der Waals surface area contributed by atoms with Gasteiger partial charge in [-0.2, -0.15) is 0 Å². The first-order chi connectivity index (χ1) is 10.1. The number of likely N-dealkylation sites (N-methyl/N-ethyl adjacent to an activating group) is 1. The smallest absolute Gasteiger partial charge is 0.173 e. The van der Waals surface area contributed by atoms with Gasteiger partial charge in [-0.1, -0.05) is 17.3 Å². The van der Waals surface area contributed by atoms with Crippen molar-refractivity contribution in [2.75, 3.05) is 20.2 Å². The number of nitrogens with two attached hydrogens (primary N) is 1. The molecule has 1 unspecified atom stereocenters. The van der Waals surface area contributed by atoms with Gasteiger partial charge in [0.2, 0.25) is 0 Å². The fraction of sp³-hybridized carbons (Fsp3) is 0.533. The molecular formula is C15H22FN3O2. The Kier molecular flexibility index (Phi) is 5.52. The van der Waals surface area contributed by atoms with Crippen LogP contribution in [0.4, 0.5) is 4.39 Å². The van der Waals surface area contributed by atoms with Crippen molar-refractivity contribution in [2.45, 2.75) is 31.9 Å². The highest BCUT2D eigenvalue weighted by atomic mass is 19.1. The number of nitrogens with zero attached hydrogens (tertiary/aromatic N) is 2. The van der Waals surface area contributed by atoms with Gasteiger partial charge in [0.15, 0.2) is 5.84 Å². The normalized spacial score (nSPS) is 20.0. The topological polar surface area (TPSA) is 71.1 Å². The minimum atomic E-state index is -0.441. The van der Waals surface area contributed by atoms with Crippen LogP contribution in [-0.4, -0.2) is 42.2 Å². The van der Waals surface area contributed by atoms with Crippen molar-refractivity contribution in [3.8, 4) is 0 Å². The summed E-state index contributed by atoms with van der Waals surface area (Å²) in [4.78, 5) is 2.03. The zero-order chi connectivity index (χ0) is 15.2. The Labute approximate surface area is 124 Å². The van der Waals surface area contributed by atoms with E-state index in [1.807, 2.05) is 11.9 Å². The molecule has 3 N–H and O–H groups in total. The van der Waals surface area contributed by atoms with Crippen molar-refractivity contribution in [2.24, 2.45) is 10.9 Å². The van der Waals surface area contributed by atoms with Gasteiger partial charge in [0.25, 0.3) is 0 Å². The van der Waals surface area contributed by atoms with Crippen molar-refractivity contribution in [3.63, 3.8) is 0 Å². The van der Waals surface area contributed by atoms with Gasteiger partial charge in [-0.25, -0.2) is 4.39 Å². The van der Waals surface area contributed by atoms with Crippen LogP contribution in [0.15, 0.2) is 23.4 Å². The Balaban J connectivity index is 2.01. The fourth-order valence-corrected chi connectivity index (χ4v) is 2.61. The SMILES string of the molecule is CN(Cc1cccc(/C(N)=N/O)c1F)CC1CCCCO1. The zero-order valence-corrected chi connectivity index (χ0v) is 12.3. The first-order valence-electron chi connectivity index (χ1n) is 7.17. The third-order valence-corrected chi connectivity index (χ3v) is 3.69. The average Bonchev–Trinajstić information content (AvgIpc) is 2.49. The molecule has 0 radical (unpaired) electrons. The number of hydrogen-bond donors (Lipinski definition) is 2. The molecule has 6 heteroatoms. The number of hydrogen-bond acceptors (Lipinski definition) is 4. The van der Waals surface area contributed by atoms with E-state index in [9.17, 15) is 4.39 Å². The summed E-state index contributed by atoms with van der Waals surface area (Å²) >= 11 is 0. The van der Waals surface area contributed by atoms with Gasteiger partial charge in [0, 0.05) is 25.3 Å². The molecule has 1 aliphatic heterocycles. The molecular weight excluding hydrogens is 273 g/mol. The van der Waals surface area contributed by atoms with Crippen molar-refractivity contribution < 1.29 is 14.3 Å². The summed E-state index contributed by atoms with van der Waals surface area (Å²) < 4.78 is 20.0. The van der Waals surface area contributed by atoms with E-state index in [4.69, 9.17) is 15.7 Å². The summed E-state index contributed by atoms with van der Waals surface area (Å²) in [6.07, 6.45) is 3.58. The van der Waals surface area contributed by atoms with E-state index in [0.29, 0.717) is 12.1 Å². The van der Waals surface area contributed by atoms with Crippen LogP contribution in [0.25, 0.3) is 0 Å². The molecule has 1 heterocycles. The molecule has 0 aromatic heterocycles. The van der Waals surface area contributed by atoms with Crippen LogP contribution in [0.5, 0.6) is 0 Å². The molecule has 0 aliphatic carbocycles. The summed E-state index contributed by atoms with van der Waals surface area (Å²) in [5, 5.41) is 11.5. The lowest BCUT2D eigenvalue weighted by Gasteiger charge is -2.27. The van der Waals surface area contributed by atoms with Gasteiger partial charge >= 0.3 is 0 Å². The van der Waals surface area contributed by atoms with Crippen LogP contribution in [0.2, 0.25) is 0 Å². The van der Waals surface area contributed by atoms with Crippen molar-refractivity contribution in [3.05, 3.63) is 35.1 Å². The second-order valence-electron chi connectivity index (χ2n) is 5.45. The molecule has 1 aromatic carbocycles. The summed E-state index contributed by atoms with van der Waals surface area (Å²) in [5.41, 5.74) is 6.12. The molecule has 0 amide bonds. The number of oxime groups is 1. The lowest BCUT2D eigenvalue weighted by molar-refractivity contribution is -0.00272. The van der Waals surface area contributed by atoms with Crippen molar-refractivity contribution >= 4 is 5.84 Å². The molecule has 116 valence electrons. The van der Waals surface area contributed by atoms with Crippen LogP contribution in [0.3, 0.4) is 0 Å². The molecule has 0 spiro atoms. The first-order valence-corrected chi connectivity index (χ1v) is 7.17. The molecule has 1 aliphatic rings. The Morgan fingerprint density at radius 2 is 2.33 bits per heavy atom. The molecule has 1 atom stereocenters. The van der Waals surface area contributed by atoms with E-state index in [1.165, 1.54) is 12.5 Å². The lowest BCUT2D eigenvalue weighted by Crippen LogP contribution is -2.33. The number of ether oxygens (including phenoxy) is 1. The molecule has 21 heavy (non-hydrogen) atoms. The lowest BCUT2D eigenvalue weighted by atomic mass is 10.1. The predicted octanol–water partition coefficient (Wildman–Crippen LogP) is 1.92. The minimum Gasteiger partial charge on any atom is -0.409 e. The molecule has 2 rings (SSSR count). The maximum atomic E-state index is 14.3. The second kappa shape index (κ2) is 7.38.